The summed E-state index contributed by atoms with van der Waals surface area (Å²) in [6, 6.07) is 1.71. The van der Waals surface area contributed by atoms with Gasteiger partial charge in [0.25, 0.3) is 5.68 Å². The van der Waals surface area contributed by atoms with E-state index in [9.17, 15) is 0 Å². The van der Waals surface area contributed by atoms with Crippen molar-refractivity contribution in [3.8, 4) is 0 Å². The second-order valence-electron chi connectivity index (χ2n) is 1.88. The van der Waals surface area contributed by atoms with Gasteiger partial charge in [-0.3, -0.25) is 9.81 Å². The number of hydrogen-bond acceptors (Lipinski definition) is 3. The molecule has 0 saturated heterocycles. The number of imidazole rings is 1. The third-order valence-corrected chi connectivity index (χ3v) is 1.28. The average Bonchev–Trinajstić information content (AvgIpc) is 2.36. The minimum atomic E-state index is 0.0926. The Hall–Kier alpha value is -1.58. The summed E-state index contributed by atoms with van der Waals surface area (Å²) < 4.78 is 6.34. The quantitative estimate of drug-likeness (QED) is 0.568. The van der Waals surface area contributed by atoms with E-state index in [0.717, 1.165) is 5.65 Å². The molecule has 0 aromatic carbocycles. The van der Waals surface area contributed by atoms with Crippen LogP contribution in [0.2, 0.25) is 0 Å². The van der Waals surface area contributed by atoms with Gasteiger partial charge in [-0.05, 0) is 0 Å². The van der Waals surface area contributed by atoms with Crippen LogP contribution in [0.4, 0.5) is 0 Å². The lowest BCUT2D eigenvalue weighted by Gasteiger charge is -1.88. The fourth-order valence-electron chi connectivity index (χ4n) is 0.826. The number of nitrogens with one attached hydrogen (secondary N) is 1. The van der Waals surface area contributed by atoms with Gasteiger partial charge in [-0.1, -0.05) is 0 Å². The number of fused-ring (bicyclic) bond motifs is 1. The molecule has 4 nitrogen and oxygen atoms in total. The molecule has 2 rings (SSSR count). The highest BCUT2D eigenvalue weighted by atomic mass is 16.3. The summed E-state index contributed by atoms with van der Waals surface area (Å²) in [6.45, 7) is 0. The van der Waals surface area contributed by atoms with Crippen molar-refractivity contribution in [2.24, 2.45) is 0 Å². The van der Waals surface area contributed by atoms with Crippen molar-refractivity contribution in [1.29, 1.82) is 5.41 Å². The number of aromatic nitrogens is 2. The lowest BCUT2D eigenvalue weighted by molar-refractivity contribution is 0.449. The minimum absolute atomic E-state index is 0.0926. The van der Waals surface area contributed by atoms with Gasteiger partial charge >= 0.3 is 0 Å². The summed E-state index contributed by atoms with van der Waals surface area (Å²) in [6.07, 6.45) is 4.76. The van der Waals surface area contributed by atoms with Crippen LogP contribution in [-0.4, -0.2) is 9.38 Å². The van der Waals surface area contributed by atoms with E-state index in [1.807, 2.05) is 0 Å². The average molecular weight is 135 g/mol. The van der Waals surface area contributed by atoms with Crippen LogP contribution >= 0.6 is 0 Å². The lowest BCUT2D eigenvalue weighted by Crippen LogP contribution is -2.08. The number of rotatable bonds is 0. The topological polar surface area (TPSA) is 54.3 Å². The molecular weight excluding hydrogens is 130 g/mol. The smallest absolute Gasteiger partial charge is 0.299 e. The van der Waals surface area contributed by atoms with E-state index in [-0.39, 0.29) is 5.68 Å². The molecule has 2 aromatic rings. The van der Waals surface area contributed by atoms with Gasteiger partial charge in [0.15, 0.2) is 0 Å². The van der Waals surface area contributed by atoms with Crippen LogP contribution in [0.1, 0.15) is 0 Å². The summed E-state index contributed by atoms with van der Waals surface area (Å²) in [5.74, 6) is 0. The highest BCUT2D eigenvalue weighted by molar-refractivity contribution is 5.34. The minimum Gasteiger partial charge on any atom is -0.433 e. The summed E-state index contributed by atoms with van der Waals surface area (Å²) >= 11 is 0. The van der Waals surface area contributed by atoms with Crippen LogP contribution in [0.25, 0.3) is 5.65 Å². The van der Waals surface area contributed by atoms with Gasteiger partial charge in [0.05, 0.1) is 6.26 Å². The molecular formula is C6H5N3O. The van der Waals surface area contributed by atoms with E-state index >= 15 is 0 Å². The molecule has 0 aliphatic heterocycles. The SMILES string of the molecule is N=c1occc2nccn12. The first-order valence-corrected chi connectivity index (χ1v) is 2.83. The molecule has 1 N–H and O–H groups in total. The predicted molar refractivity (Wildman–Crippen MR) is 33.3 cm³/mol. The third-order valence-electron chi connectivity index (χ3n) is 1.28. The zero-order valence-electron chi connectivity index (χ0n) is 5.11. The van der Waals surface area contributed by atoms with Gasteiger partial charge in [0, 0.05) is 18.5 Å². The first-order chi connectivity index (χ1) is 4.88. The van der Waals surface area contributed by atoms with Gasteiger partial charge in [0.1, 0.15) is 5.65 Å². The Labute approximate surface area is 56.3 Å². The van der Waals surface area contributed by atoms with Gasteiger partial charge in [-0.15, -0.1) is 0 Å². The second kappa shape index (κ2) is 1.70. The van der Waals surface area contributed by atoms with Gasteiger partial charge in [0.2, 0.25) is 0 Å². The molecule has 0 unspecified atom stereocenters. The van der Waals surface area contributed by atoms with Crippen LogP contribution in [0.5, 0.6) is 0 Å². The van der Waals surface area contributed by atoms with Crippen molar-refractivity contribution in [3.63, 3.8) is 0 Å². The van der Waals surface area contributed by atoms with Crippen LogP contribution in [0.3, 0.4) is 0 Å². The molecule has 0 bridgehead atoms. The van der Waals surface area contributed by atoms with Gasteiger partial charge in [-0.25, -0.2) is 4.98 Å². The van der Waals surface area contributed by atoms with E-state index in [0.29, 0.717) is 0 Å². The Balaban J connectivity index is 3.09. The van der Waals surface area contributed by atoms with E-state index in [1.54, 1.807) is 22.9 Å². The highest BCUT2D eigenvalue weighted by Crippen LogP contribution is 1.92. The summed E-state index contributed by atoms with van der Waals surface area (Å²) in [4.78, 5) is 3.96. The first kappa shape index (κ1) is 5.22. The Morgan fingerprint density at radius 3 is 3.30 bits per heavy atom. The van der Waals surface area contributed by atoms with Gasteiger partial charge in [-0.2, -0.15) is 0 Å². The Kier molecular flexibility index (Phi) is 0.887. The molecule has 2 aromatic heterocycles. The largest absolute Gasteiger partial charge is 0.433 e. The van der Waals surface area contributed by atoms with Crippen molar-refractivity contribution in [3.05, 3.63) is 30.4 Å². The molecule has 0 atom stereocenters. The maximum Gasteiger partial charge on any atom is 0.299 e. The standard InChI is InChI=1S/C6H5N3O/c7-6-9-3-2-8-5(9)1-4-10-6/h1-4,7H. The zero-order chi connectivity index (χ0) is 6.97. The van der Waals surface area contributed by atoms with Crippen molar-refractivity contribution in [2.75, 3.05) is 0 Å². The monoisotopic (exact) mass is 135 g/mol. The lowest BCUT2D eigenvalue weighted by atomic mass is 10.7. The Bertz CT molecular complexity index is 400. The van der Waals surface area contributed by atoms with Crippen molar-refractivity contribution in [2.45, 2.75) is 0 Å². The predicted octanol–water partition coefficient (Wildman–Crippen LogP) is 0.407. The molecule has 0 radical (unpaired) electrons. The molecule has 0 spiro atoms. The van der Waals surface area contributed by atoms with Crippen molar-refractivity contribution < 1.29 is 4.42 Å². The third kappa shape index (κ3) is 0.556. The summed E-state index contributed by atoms with van der Waals surface area (Å²) in [5, 5.41) is 7.24. The van der Waals surface area contributed by atoms with Crippen LogP contribution < -0.4 is 5.68 Å². The zero-order valence-corrected chi connectivity index (χ0v) is 5.11. The first-order valence-electron chi connectivity index (χ1n) is 2.83. The molecule has 10 heavy (non-hydrogen) atoms. The highest BCUT2D eigenvalue weighted by Gasteiger charge is 1.91. The van der Waals surface area contributed by atoms with Crippen molar-refractivity contribution in [1.82, 2.24) is 9.38 Å². The summed E-state index contributed by atoms with van der Waals surface area (Å²) in [7, 11) is 0. The molecule has 0 saturated carbocycles. The van der Waals surface area contributed by atoms with Gasteiger partial charge < -0.3 is 4.42 Å². The van der Waals surface area contributed by atoms with Crippen molar-refractivity contribution >= 4 is 5.65 Å². The van der Waals surface area contributed by atoms with Crippen LogP contribution in [0, 0.1) is 5.41 Å². The van der Waals surface area contributed by atoms with Crippen LogP contribution in [-0.2, 0) is 0 Å². The summed E-state index contributed by atoms with van der Waals surface area (Å²) in [5.41, 5.74) is 0.825. The Morgan fingerprint density at radius 1 is 1.60 bits per heavy atom. The Morgan fingerprint density at radius 2 is 2.50 bits per heavy atom. The van der Waals surface area contributed by atoms with E-state index in [1.165, 1.54) is 6.26 Å². The number of nitrogens with zero attached hydrogens (tertiary/aromatic N) is 2. The van der Waals surface area contributed by atoms with Crippen LogP contribution in [0.15, 0.2) is 29.1 Å². The molecule has 0 fully saturated rings. The maximum absolute atomic E-state index is 7.24. The normalized spacial score (nSPS) is 10.4. The van der Waals surface area contributed by atoms with E-state index < -0.39 is 0 Å². The fraction of sp³-hybridized carbons (Fsp3) is 0. The van der Waals surface area contributed by atoms with E-state index in [4.69, 9.17) is 9.83 Å². The maximum atomic E-state index is 7.24. The second-order valence-corrected chi connectivity index (χ2v) is 1.88. The molecule has 0 aliphatic rings. The fourth-order valence-corrected chi connectivity index (χ4v) is 0.826. The number of hydrogen-bond donors (Lipinski definition) is 1. The molecule has 50 valence electrons. The van der Waals surface area contributed by atoms with E-state index in [2.05, 4.69) is 4.98 Å². The molecule has 0 aliphatic carbocycles. The molecule has 2 heterocycles. The molecule has 4 heteroatoms. The molecule has 0 amide bonds.